The fourth-order valence-electron chi connectivity index (χ4n) is 4.65. The summed E-state index contributed by atoms with van der Waals surface area (Å²) < 4.78 is 7.56. The second kappa shape index (κ2) is 5.21. The summed E-state index contributed by atoms with van der Waals surface area (Å²) in [7, 11) is 0. The summed E-state index contributed by atoms with van der Waals surface area (Å²) in [4.78, 5) is 30.3. The van der Waals surface area contributed by atoms with E-state index in [9.17, 15) is 9.59 Å². The molecule has 1 N–H and O–H groups in total. The van der Waals surface area contributed by atoms with Crippen LogP contribution in [0.5, 0.6) is 0 Å². The van der Waals surface area contributed by atoms with Gasteiger partial charge in [0.2, 0.25) is 0 Å². The molecule has 2 atom stereocenters. The van der Waals surface area contributed by atoms with Gasteiger partial charge in [-0.1, -0.05) is 0 Å². The van der Waals surface area contributed by atoms with Crippen LogP contribution in [-0.2, 0) is 14.3 Å². The van der Waals surface area contributed by atoms with Crippen molar-refractivity contribution < 1.29 is 14.3 Å². The van der Waals surface area contributed by atoms with Crippen LogP contribution in [0.25, 0.3) is 20.5 Å². The molecule has 1 aliphatic carbocycles. The van der Waals surface area contributed by atoms with E-state index in [4.69, 9.17) is 4.74 Å². The van der Waals surface area contributed by atoms with Crippen molar-refractivity contribution in [3.63, 3.8) is 0 Å². The summed E-state index contributed by atoms with van der Waals surface area (Å²) in [5, 5.41) is 5.37. The number of nitrogens with one attached hydrogen (secondary N) is 1. The molecule has 1 saturated heterocycles. The molecule has 0 spiro atoms. The number of ether oxygens (including phenoxy) is 1. The van der Waals surface area contributed by atoms with Crippen molar-refractivity contribution in [3.8, 4) is 0 Å². The number of carbonyl (C=O) groups excluding carboxylic acids is 2. The predicted molar refractivity (Wildman–Crippen MR) is 105 cm³/mol. The predicted octanol–water partition coefficient (Wildman–Crippen LogP) is 3.51. The van der Waals surface area contributed by atoms with Crippen LogP contribution in [0.3, 0.4) is 0 Å². The van der Waals surface area contributed by atoms with Crippen LogP contribution < -0.4 is 5.32 Å². The molecule has 2 heterocycles. The van der Waals surface area contributed by atoms with Crippen LogP contribution in [0, 0.1) is 10.8 Å². The third-order valence-corrected chi connectivity index (χ3v) is 9.09. The Bertz CT molecular complexity index is 1130. The molecule has 6 heteroatoms. The van der Waals surface area contributed by atoms with E-state index in [1.54, 1.807) is 0 Å². The molecule has 1 saturated carbocycles. The van der Waals surface area contributed by atoms with Gasteiger partial charge in [-0.3, -0.25) is 0 Å². The fraction of sp³-hybridized carbons (Fsp3) is 0.381. The average molecular weight is 427 g/mol. The molecule has 0 unspecified atom stereocenters. The van der Waals surface area contributed by atoms with Gasteiger partial charge in [0.15, 0.2) is 0 Å². The molecule has 27 heavy (non-hydrogen) atoms. The van der Waals surface area contributed by atoms with Gasteiger partial charge in [0.1, 0.15) is 0 Å². The maximum atomic E-state index is 13.2. The molecule has 2 aromatic carbocycles. The van der Waals surface area contributed by atoms with Crippen molar-refractivity contribution in [2.45, 2.75) is 39.2 Å². The molecule has 138 valence electrons. The minimum atomic E-state index is -1.10. The Morgan fingerprint density at radius 2 is 1.93 bits per heavy atom. The fourth-order valence-corrected chi connectivity index (χ4v) is 6.74. The van der Waals surface area contributed by atoms with E-state index in [0.29, 0.717) is 17.5 Å². The van der Waals surface area contributed by atoms with E-state index in [1.807, 2.05) is 39.0 Å². The molecule has 3 aromatic rings. The molecule has 0 radical (unpaired) electrons. The average Bonchev–Trinajstić information content (AvgIpc) is 3.19. The molecular formula is C21H20N2O3Se. The van der Waals surface area contributed by atoms with E-state index in [1.165, 1.54) is 15.0 Å². The number of anilines is 1. The Kier molecular flexibility index (Phi) is 3.27. The van der Waals surface area contributed by atoms with Crippen LogP contribution >= 0.6 is 0 Å². The molecule has 2 aliphatic rings. The van der Waals surface area contributed by atoms with E-state index < -0.39 is 16.4 Å². The molecular weight excluding hydrogens is 407 g/mol. The van der Waals surface area contributed by atoms with Gasteiger partial charge < -0.3 is 0 Å². The van der Waals surface area contributed by atoms with Crippen LogP contribution in [-0.4, -0.2) is 37.0 Å². The van der Waals surface area contributed by atoms with E-state index in [0.717, 1.165) is 5.52 Å². The summed E-state index contributed by atoms with van der Waals surface area (Å²) in [5.41, 5.74) is -1.34. The van der Waals surface area contributed by atoms with Crippen molar-refractivity contribution in [1.29, 1.82) is 0 Å². The topological polar surface area (TPSA) is 68.3 Å². The Morgan fingerprint density at radius 1 is 1.15 bits per heavy atom. The van der Waals surface area contributed by atoms with Gasteiger partial charge in [-0.05, 0) is 0 Å². The molecule has 1 aromatic heterocycles. The van der Waals surface area contributed by atoms with Gasteiger partial charge in [0.25, 0.3) is 0 Å². The second-order valence-electron chi connectivity index (χ2n) is 8.28. The summed E-state index contributed by atoms with van der Waals surface area (Å²) in [6.45, 7) is 5.85. The Morgan fingerprint density at radius 3 is 2.63 bits per heavy atom. The summed E-state index contributed by atoms with van der Waals surface area (Å²) in [6.07, 6.45) is 1.24. The zero-order valence-electron chi connectivity index (χ0n) is 15.5. The van der Waals surface area contributed by atoms with Crippen molar-refractivity contribution in [1.82, 2.24) is 4.98 Å². The number of benzene rings is 2. The third kappa shape index (κ3) is 1.97. The summed E-state index contributed by atoms with van der Waals surface area (Å²) >= 11 is -0.0862. The van der Waals surface area contributed by atoms with Crippen molar-refractivity contribution >= 4 is 51.6 Å². The van der Waals surface area contributed by atoms with Gasteiger partial charge in [-0.2, -0.15) is 0 Å². The molecule has 1 aliphatic heterocycles. The van der Waals surface area contributed by atoms with Gasteiger partial charge in [-0.25, -0.2) is 0 Å². The minimum absolute atomic E-state index is 0.0862. The Balaban J connectivity index is 1.53. The van der Waals surface area contributed by atoms with Gasteiger partial charge >= 0.3 is 163 Å². The second-order valence-corrected chi connectivity index (χ2v) is 10.4. The molecule has 5 rings (SSSR count). The molecule has 2 fully saturated rings. The first-order valence-corrected chi connectivity index (χ1v) is 10.8. The number of hydrogen-bond acceptors (Lipinski definition) is 4. The maximum absolute atomic E-state index is 13.2. The number of carbonyl (C=O) groups is 2. The number of nitrogens with zero attached hydrogens (tertiary/aromatic N) is 1. The zero-order valence-corrected chi connectivity index (χ0v) is 17.2. The molecule has 5 nitrogen and oxygen atoms in total. The third-order valence-electron chi connectivity index (χ3n) is 6.95. The number of amides is 1. The Labute approximate surface area is 162 Å². The van der Waals surface area contributed by atoms with Crippen molar-refractivity contribution in [2.75, 3.05) is 5.32 Å². The molecule has 1 amide bonds. The number of aromatic nitrogens is 1. The van der Waals surface area contributed by atoms with Crippen LogP contribution in [0.2, 0.25) is 0 Å². The van der Waals surface area contributed by atoms with Crippen LogP contribution in [0.1, 0.15) is 33.6 Å². The van der Waals surface area contributed by atoms with Gasteiger partial charge in [-0.15, -0.1) is 0 Å². The zero-order chi connectivity index (χ0) is 19.0. The van der Waals surface area contributed by atoms with Crippen LogP contribution in [0.4, 0.5) is 4.69 Å². The van der Waals surface area contributed by atoms with Gasteiger partial charge in [0, 0.05) is 0 Å². The van der Waals surface area contributed by atoms with E-state index >= 15 is 0 Å². The van der Waals surface area contributed by atoms with Crippen molar-refractivity contribution in [3.05, 3.63) is 36.4 Å². The molecule has 2 bridgehead atoms. The first kappa shape index (κ1) is 17.0. The first-order valence-electron chi connectivity index (χ1n) is 9.12. The monoisotopic (exact) mass is 428 g/mol. The number of hydrogen-bond donors (Lipinski definition) is 1. The summed E-state index contributed by atoms with van der Waals surface area (Å²) in [6, 6.07) is 12.3. The first-order chi connectivity index (χ1) is 12.8. The SMILES string of the molecule is CC1(C)[C@@]2(C)CC[C@]1(C(=O)Nc1nc3ccc4ccccc4c3[se]1)OC2=O. The van der Waals surface area contributed by atoms with E-state index in [-0.39, 0.29) is 26.4 Å². The number of esters is 1. The normalized spacial score (nSPS) is 28.6. The number of fused-ring (bicyclic) bond motifs is 5. The van der Waals surface area contributed by atoms with Gasteiger partial charge in [0.05, 0.1) is 0 Å². The van der Waals surface area contributed by atoms with E-state index in [2.05, 4.69) is 28.5 Å². The quantitative estimate of drug-likeness (QED) is 0.502. The van der Waals surface area contributed by atoms with Crippen LogP contribution in [0.15, 0.2) is 36.4 Å². The standard InChI is InChI=1S/C21H20N2O3Se/c1-19(2)20(3)10-11-21(19,26-17(20)25)16(24)23-18-22-14-9-8-12-6-4-5-7-13(12)15(14)27-18/h4-9H,10-11H2,1-3H3,(H,22,23,24)/t20-,21+/m0/s1. The number of rotatable bonds is 2. The van der Waals surface area contributed by atoms with Crippen molar-refractivity contribution in [2.24, 2.45) is 10.8 Å². The summed E-state index contributed by atoms with van der Waals surface area (Å²) in [5.74, 6) is -0.498. The Hall–Kier alpha value is -2.17.